The van der Waals surface area contributed by atoms with Crippen LogP contribution in [0.3, 0.4) is 0 Å². The highest BCUT2D eigenvalue weighted by Gasteiger charge is 2.19. The maximum atomic E-state index is 5.90. The van der Waals surface area contributed by atoms with Gasteiger partial charge in [-0.2, -0.15) is 15.0 Å². The van der Waals surface area contributed by atoms with E-state index in [0.717, 1.165) is 23.3 Å². The molecule has 19 heavy (non-hydrogen) atoms. The summed E-state index contributed by atoms with van der Waals surface area (Å²) >= 11 is 5.90. The molecule has 0 radical (unpaired) electrons. The van der Waals surface area contributed by atoms with Crippen LogP contribution in [0.25, 0.3) is 11.4 Å². The number of halogens is 1. The molecule has 1 aromatic heterocycles. The molecule has 2 heterocycles. The van der Waals surface area contributed by atoms with E-state index >= 15 is 0 Å². The molecule has 0 fully saturated rings. The van der Waals surface area contributed by atoms with Gasteiger partial charge in [0.25, 0.3) is 0 Å². The summed E-state index contributed by atoms with van der Waals surface area (Å²) in [5.74, 6) is 1.30. The third kappa shape index (κ3) is 2.33. The van der Waals surface area contributed by atoms with Crippen LogP contribution >= 0.6 is 11.6 Å². The molecule has 0 unspecified atom stereocenters. The first-order chi connectivity index (χ1) is 9.28. The van der Waals surface area contributed by atoms with Crippen LogP contribution in [0.4, 0.5) is 0 Å². The molecule has 0 saturated carbocycles. The Labute approximate surface area is 115 Å². The van der Waals surface area contributed by atoms with Crippen molar-refractivity contribution in [3.05, 3.63) is 29.0 Å². The van der Waals surface area contributed by atoms with Crippen LogP contribution in [0.15, 0.2) is 18.2 Å². The lowest BCUT2D eigenvalue weighted by Gasteiger charge is -2.08. The molecular weight excluding hydrogens is 266 g/mol. The maximum Gasteiger partial charge on any atom is 0.321 e. The average Bonchev–Trinajstić information content (AvgIpc) is 2.86. The number of para-hydroxylation sites is 1. The number of hydrogen-bond acceptors (Lipinski definition) is 5. The van der Waals surface area contributed by atoms with Crippen molar-refractivity contribution in [2.24, 2.45) is 0 Å². The lowest BCUT2D eigenvalue weighted by molar-refractivity contribution is 0.311. The quantitative estimate of drug-likeness (QED) is 0.863. The van der Waals surface area contributed by atoms with Crippen molar-refractivity contribution < 1.29 is 9.47 Å². The number of fused-ring (bicyclic) bond motifs is 1. The van der Waals surface area contributed by atoms with E-state index in [9.17, 15) is 0 Å². The van der Waals surface area contributed by atoms with Crippen molar-refractivity contribution in [3.8, 4) is 23.1 Å². The van der Waals surface area contributed by atoms with Crippen LogP contribution in [0.5, 0.6) is 11.8 Å². The monoisotopic (exact) mass is 277 g/mol. The topological polar surface area (TPSA) is 57.1 Å². The summed E-state index contributed by atoms with van der Waals surface area (Å²) in [6.45, 7) is 3.02. The van der Waals surface area contributed by atoms with Gasteiger partial charge in [0.15, 0.2) is 5.82 Å². The highest BCUT2D eigenvalue weighted by atomic mass is 35.5. The van der Waals surface area contributed by atoms with Crippen molar-refractivity contribution in [2.45, 2.75) is 13.3 Å². The lowest BCUT2D eigenvalue weighted by atomic mass is 10.1. The molecule has 0 saturated heterocycles. The number of nitrogens with zero attached hydrogens (tertiary/aromatic N) is 3. The normalized spacial score (nSPS) is 12.9. The summed E-state index contributed by atoms with van der Waals surface area (Å²) < 4.78 is 10.9. The Hall–Kier alpha value is -1.88. The first-order valence-corrected chi connectivity index (χ1v) is 6.45. The van der Waals surface area contributed by atoms with Gasteiger partial charge in [-0.1, -0.05) is 12.1 Å². The standard InChI is InChI=1S/C13H12ClN3O2/c1-2-18-13-16-11(15-12(14)17-13)9-5-3-4-8-6-7-19-10(8)9/h3-5H,2,6-7H2,1H3. The minimum atomic E-state index is 0.115. The number of ether oxygens (including phenoxy) is 2. The Bertz CT molecular complexity index is 619. The SMILES string of the molecule is CCOc1nc(Cl)nc(-c2cccc3c2OCC3)n1. The van der Waals surface area contributed by atoms with E-state index in [-0.39, 0.29) is 11.3 Å². The molecule has 98 valence electrons. The number of rotatable bonds is 3. The first-order valence-electron chi connectivity index (χ1n) is 6.07. The van der Waals surface area contributed by atoms with Gasteiger partial charge in [0.2, 0.25) is 5.28 Å². The Kier molecular flexibility index (Phi) is 3.21. The second-order valence-electron chi connectivity index (χ2n) is 4.04. The summed E-state index contributed by atoms with van der Waals surface area (Å²) in [4.78, 5) is 12.3. The van der Waals surface area contributed by atoms with Gasteiger partial charge in [-0.15, -0.1) is 0 Å². The third-order valence-corrected chi connectivity index (χ3v) is 2.99. The van der Waals surface area contributed by atoms with Crippen molar-refractivity contribution in [3.63, 3.8) is 0 Å². The smallest absolute Gasteiger partial charge is 0.321 e. The summed E-state index contributed by atoms with van der Waals surface area (Å²) in [7, 11) is 0. The van der Waals surface area contributed by atoms with Crippen LogP contribution in [0.1, 0.15) is 12.5 Å². The van der Waals surface area contributed by atoms with Crippen LogP contribution in [-0.2, 0) is 6.42 Å². The van der Waals surface area contributed by atoms with Gasteiger partial charge in [-0.05, 0) is 30.2 Å². The van der Waals surface area contributed by atoms with E-state index in [0.29, 0.717) is 19.0 Å². The second-order valence-corrected chi connectivity index (χ2v) is 4.37. The van der Waals surface area contributed by atoms with Crippen molar-refractivity contribution in [2.75, 3.05) is 13.2 Å². The minimum Gasteiger partial charge on any atom is -0.492 e. The van der Waals surface area contributed by atoms with Gasteiger partial charge in [0, 0.05) is 6.42 Å². The van der Waals surface area contributed by atoms with Crippen LogP contribution in [0.2, 0.25) is 5.28 Å². The van der Waals surface area contributed by atoms with Crippen molar-refractivity contribution in [1.29, 1.82) is 0 Å². The molecule has 0 spiro atoms. The Morgan fingerprint density at radius 1 is 1.32 bits per heavy atom. The second kappa shape index (κ2) is 5.01. The van der Waals surface area contributed by atoms with Gasteiger partial charge in [-0.3, -0.25) is 0 Å². The van der Waals surface area contributed by atoms with Gasteiger partial charge < -0.3 is 9.47 Å². The molecule has 0 atom stereocenters. The number of benzene rings is 1. The van der Waals surface area contributed by atoms with Gasteiger partial charge in [0.05, 0.1) is 18.8 Å². The maximum absolute atomic E-state index is 5.90. The van der Waals surface area contributed by atoms with E-state index in [4.69, 9.17) is 21.1 Å². The molecule has 0 N–H and O–H groups in total. The minimum absolute atomic E-state index is 0.115. The molecule has 1 aromatic carbocycles. The molecule has 1 aliphatic heterocycles. The predicted molar refractivity (Wildman–Crippen MR) is 70.6 cm³/mol. The first kappa shape index (κ1) is 12.2. The van der Waals surface area contributed by atoms with Crippen LogP contribution < -0.4 is 9.47 Å². The largest absolute Gasteiger partial charge is 0.492 e. The highest BCUT2D eigenvalue weighted by molar-refractivity contribution is 6.28. The van der Waals surface area contributed by atoms with Gasteiger partial charge in [0.1, 0.15) is 5.75 Å². The summed E-state index contributed by atoms with van der Waals surface area (Å²) in [6.07, 6.45) is 0.903. The third-order valence-electron chi connectivity index (χ3n) is 2.82. The molecule has 1 aliphatic rings. The van der Waals surface area contributed by atoms with Crippen molar-refractivity contribution >= 4 is 11.6 Å². The summed E-state index contributed by atoms with van der Waals surface area (Å²) in [6, 6.07) is 6.14. The van der Waals surface area contributed by atoms with E-state index in [1.807, 2.05) is 25.1 Å². The zero-order valence-corrected chi connectivity index (χ0v) is 11.1. The fourth-order valence-electron chi connectivity index (χ4n) is 2.04. The van der Waals surface area contributed by atoms with Crippen LogP contribution in [-0.4, -0.2) is 28.2 Å². The highest BCUT2D eigenvalue weighted by Crippen LogP contribution is 2.35. The summed E-state index contributed by atoms with van der Waals surface area (Å²) in [5.41, 5.74) is 1.98. The number of hydrogen-bond donors (Lipinski definition) is 0. The van der Waals surface area contributed by atoms with Crippen molar-refractivity contribution in [1.82, 2.24) is 15.0 Å². The molecule has 0 bridgehead atoms. The van der Waals surface area contributed by atoms with E-state index in [1.54, 1.807) is 0 Å². The predicted octanol–water partition coefficient (Wildman–Crippen LogP) is 2.53. The summed E-state index contributed by atoms with van der Waals surface area (Å²) in [5, 5.41) is 0.115. The molecular formula is C13H12ClN3O2. The zero-order valence-electron chi connectivity index (χ0n) is 10.4. The fourth-order valence-corrected chi connectivity index (χ4v) is 2.19. The van der Waals surface area contributed by atoms with Gasteiger partial charge in [-0.25, -0.2) is 0 Å². The zero-order chi connectivity index (χ0) is 13.2. The van der Waals surface area contributed by atoms with E-state index in [2.05, 4.69) is 15.0 Å². The average molecular weight is 278 g/mol. The molecule has 0 aliphatic carbocycles. The molecule has 3 rings (SSSR count). The Morgan fingerprint density at radius 3 is 3.05 bits per heavy atom. The molecule has 5 nitrogen and oxygen atoms in total. The molecule has 2 aromatic rings. The number of aromatic nitrogens is 3. The lowest BCUT2D eigenvalue weighted by Crippen LogP contribution is -2.02. The molecule has 0 amide bonds. The van der Waals surface area contributed by atoms with Gasteiger partial charge >= 0.3 is 6.01 Å². The molecule has 6 heteroatoms. The van der Waals surface area contributed by atoms with Crippen LogP contribution in [0, 0.1) is 0 Å². The Balaban J connectivity index is 2.09. The Morgan fingerprint density at radius 2 is 2.21 bits per heavy atom. The van der Waals surface area contributed by atoms with E-state index < -0.39 is 0 Å². The fraction of sp³-hybridized carbons (Fsp3) is 0.308. The van der Waals surface area contributed by atoms with E-state index in [1.165, 1.54) is 0 Å².